The Labute approximate surface area is 102 Å². The molecule has 0 saturated heterocycles. The van der Waals surface area contributed by atoms with Gasteiger partial charge in [-0.3, -0.25) is 14.6 Å². The molecule has 2 aromatic rings. The summed E-state index contributed by atoms with van der Waals surface area (Å²) < 4.78 is 5.27. The van der Waals surface area contributed by atoms with E-state index >= 15 is 0 Å². The lowest BCUT2D eigenvalue weighted by atomic mass is 10.1. The van der Waals surface area contributed by atoms with E-state index in [4.69, 9.17) is 4.42 Å². The monoisotopic (exact) mass is 249 g/mol. The lowest BCUT2D eigenvalue weighted by Gasteiger charge is -1.96. The molecule has 0 aliphatic rings. The van der Waals surface area contributed by atoms with Crippen LogP contribution in [0.1, 0.15) is 38.0 Å². The third kappa shape index (κ3) is 2.50. The van der Waals surface area contributed by atoms with Crippen LogP contribution in [0.3, 0.4) is 0 Å². The molecule has 2 rings (SSSR count). The SMILES string of the molecule is Cc1cc(C(=O)CC(=O)c2cncs2)c(C)o1. The number of hydrogen-bond donors (Lipinski definition) is 0. The van der Waals surface area contributed by atoms with Crippen molar-refractivity contribution >= 4 is 22.9 Å². The summed E-state index contributed by atoms with van der Waals surface area (Å²) in [6.07, 6.45) is 1.34. The fraction of sp³-hybridized carbons (Fsp3) is 0.250. The van der Waals surface area contributed by atoms with Crippen molar-refractivity contribution in [3.8, 4) is 0 Å². The average molecular weight is 249 g/mol. The van der Waals surface area contributed by atoms with E-state index in [0.717, 1.165) is 0 Å². The van der Waals surface area contributed by atoms with Gasteiger partial charge in [-0.1, -0.05) is 0 Å². The standard InChI is InChI=1S/C12H11NO3S/c1-7-3-9(8(2)16-7)10(14)4-11(15)12-5-13-6-17-12/h3,5-6H,4H2,1-2H3. The van der Waals surface area contributed by atoms with E-state index in [1.54, 1.807) is 25.4 Å². The molecule has 0 aliphatic heterocycles. The van der Waals surface area contributed by atoms with Gasteiger partial charge >= 0.3 is 0 Å². The quantitative estimate of drug-likeness (QED) is 0.617. The van der Waals surface area contributed by atoms with Gasteiger partial charge in [0.25, 0.3) is 0 Å². The summed E-state index contributed by atoms with van der Waals surface area (Å²) in [5, 5.41) is 0. The van der Waals surface area contributed by atoms with Crippen LogP contribution in [-0.2, 0) is 0 Å². The maximum absolute atomic E-state index is 11.9. The summed E-state index contributed by atoms with van der Waals surface area (Å²) in [6.45, 7) is 3.49. The lowest BCUT2D eigenvalue weighted by Crippen LogP contribution is -2.07. The summed E-state index contributed by atoms with van der Waals surface area (Å²) >= 11 is 1.24. The maximum atomic E-state index is 11.9. The molecule has 0 bridgehead atoms. The van der Waals surface area contributed by atoms with Gasteiger partial charge in [-0.25, -0.2) is 0 Å². The van der Waals surface area contributed by atoms with Crippen LogP contribution in [0, 0.1) is 13.8 Å². The molecule has 0 aromatic carbocycles. The summed E-state index contributed by atoms with van der Waals surface area (Å²) in [4.78, 5) is 27.9. The molecule has 0 radical (unpaired) electrons. The second kappa shape index (κ2) is 4.63. The molecule has 5 heteroatoms. The molecule has 0 spiro atoms. The zero-order valence-corrected chi connectivity index (χ0v) is 10.3. The van der Waals surface area contributed by atoms with Crippen LogP contribution in [0.2, 0.25) is 0 Å². The second-order valence-corrected chi connectivity index (χ2v) is 4.60. The van der Waals surface area contributed by atoms with Crippen molar-refractivity contribution in [1.82, 2.24) is 4.98 Å². The molecule has 0 fully saturated rings. The van der Waals surface area contributed by atoms with E-state index in [9.17, 15) is 9.59 Å². The fourth-order valence-corrected chi connectivity index (χ4v) is 2.15. The Morgan fingerprint density at radius 3 is 2.65 bits per heavy atom. The third-order valence-electron chi connectivity index (χ3n) is 2.37. The Balaban J connectivity index is 2.12. The highest BCUT2D eigenvalue weighted by Gasteiger charge is 2.18. The molecule has 2 aromatic heterocycles. The molecule has 0 N–H and O–H groups in total. The maximum Gasteiger partial charge on any atom is 0.182 e. The molecular weight excluding hydrogens is 238 g/mol. The Morgan fingerprint density at radius 1 is 1.35 bits per heavy atom. The van der Waals surface area contributed by atoms with Gasteiger partial charge in [0.05, 0.1) is 22.4 Å². The second-order valence-electron chi connectivity index (χ2n) is 3.72. The van der Waals surface area contributed by atoms with E-state index in [2.05, 4.69) is 4.98 Å². The van der Waals surface area contributed by atoms with Gasteiger partial charge in [0.2, 0.25) is 0 Å². The predicted molar refractivity (Wildman–Crippen MR) is 63.6 cm³/mol. The number of aryl methyl sites for hydroxylation is 2. The van der Waals surface area contributed by atoms with E-state index in [0.29, 0.717) is 22.0 Å². The van der Waals surface area contributed by atoms with Crippen molar-refractivity contribution in [1.29, 1.82) is 0 Å². The van der Waals surface area contributed by atoms with Crippen molar-refractivity contribution in [2.45, 2.75) is 20.3 Å². The molecule has 0 amide bonds. The van der Waals surface area contributed by atoms with Crippen molar-refractivity contribution < 1.29 is 14.0 Å². The van der Waals surface area contributed by atoms with Crippen LogP contribution in [0.15, 0.2) is 22.2 Å². The van der Waals surface area contributed by atoms with Gasteiger partial charge < -0.3 is 4.42 Å². The predicted octanol–water partition coefficient (Wildman–Crippen LogP) is 2.81. The van der Waals surface area contributed by atoms with Gasteiger partial charge in [0.1, 0.15) is 11.5 Å². The number of nitrogens with zero attached hydrogens (tertiary/aromatic N) is 1. The lowest BCUT2D eigenvalue weighted by molar-refractivity contribution is 0.0896. The number of thiazole rings is 1. The van der Waals surface area contributed by atoms with Crippen LogP contribution in [0.5, 0.6) is 0 Å². The largest absolute Gasteiger partial charge is 0.466 e. The first kappa shape index (κ1) is 11.7. The van der Waals surface area contributed by atoms with Gasteiger partial charge in [0, 0.05) is 6.20 Å². The highest BCUT2D eigenvalue weighted by Crippen LogP contribution is 2.17. The molecule has 17 heavy (non-hydrogen) atoms. The number of ketones is 2. The Kier molecular flexibility index (Phi) is 3.19. The van der Waals surface area contributed by atoms with E-state index in [-0.39, 0.29) is 18.0 Å². The van der Waals surface area contributed by atoms with Gasteiger partial charge in [-0.05, 0) is 19.9 Å². The van der Waals surface area contributed by atoms with Crippen LogP contribution in [0.4, 0.5) is 0 Å². The zero-order chi connectivity index (χ0) is 12.4. The minimum Gasteiger partial charge on any atom is -0.466 e. The Morgan fingerprint density at radius 2 is 2.12 bits per heavy atom. The van der Waals surface area contributed by atoms with Crippen LogP contribution >= 0.6 is 11.3 Å². The van der Waals surface area contributed by atoms with Crippen molar-refractivity contribution in [3.05, 3.63) is 39.7 Å². The third-order valence-corrected chi connectivity index (χ3v) is 3.18. The minimum absolute atomic E-state index is 0.137. The zero-order valence-electron chi connectivity index (χ0n) is 9.52. The number of aromatic nitrogens is 1. The van der Waals surface area contributed by atoms with E-state index in [1.807, 2.05) is 0 Å². The molecule has 4 nitrogen and oxygen atoms in total. The Bertz CT molecular complexity index is 554. The van der Waals surface area contributed by atoms with E-state index < -0.39 is 0 Å². The number of carbonyl (C=O) groups is 2. The fourth-order valence-electron chi connectivity index (χ4n) is 1.59. The number of hydrogen-bond acceptors (Lipinski definition) is 5. The topological polar surface area (TPSA) is 60.2 Å². The van der Waals surface area contributed by atoms with Crippen LogP contribution in [0.25, 0.3) is 0 Å². The normalized spacial score (nSPS) is 10.5. The molecular formula is C12H11NO3S. The smallest absolute Gasteiger partial charge is 0.182 e. The summed E-state index contributed by atoms with van der Waals surface area (Å²) in [7, 11) is 0. The van der Waals surface area contributed by atoms with E-state index in [1.165, 1.54) is 17.5 Å². The minimum atomic E-state index is -0.210. The van der Waals surface area contributed by atoms with Crippen molar-refractivity contribution in [2.24, 2.45) is 0 Å². The highest BCUT2D eigenvalue weighted by molar-refractivity contribution is 7.11. The molecule has 2 heterocycles. The van der Waals surface area contributed by atoms with Crippen molar-refractivity contribution in [3.63, 3.8) is 0 Å². The van der Waals surface area contributed by atoms with Gasteiger partial charge in [-0.15, -0.1) is 11.3 Å². The van der Waals surface area contributed by atoms with Crippen LogP contribution < -0.4 is 0 Å². The number of furan rings is 1. The molecule has 0 saturated carbocycles. The molecule has 0 atom stereocenters. The number of Topliss-reactive ketones (excluding diaryl/α,β-unsaturated/α-hetero) is 2. The summed E-state index contributed by atoms with van der Waals surface area (Å²) in [5.41, 5.74) is 2.06. The first-order chi connectivity index (χ1) is 8.08. The molecule has 0 aliphatic carbocycles. The van der Waals surface area contributed by atoms with Crippen LogP contribution in [-0.4, -0.2) is 16.6 Å². The number of rotatable bonds is 4. The van der Waals surface area contributed by atoms with Crippen molar-refractivity contribution in [2.75, 3.05) is 0 Å². The Hall–Kier alpha value is -1.75. The van der Waals surface area contributed by atoms with Gasteiger partial charge in [-0.2, -0.15) is 0 Å². The first-order valence-corrected chi connectivity index (χ1v) is 5.98. The molecule has 88 valence electrons. The molecule has 0 unspecified atom stereocenters. The summed E-state index contributed by atoms with van der Waals surface area (Å²) in [6, 6.07) is 1.66. The number of carbonyl (C=O) groups excluding carboxylic acids is 2. The summed E-state index contributed by atoms with van der Waals surface area (Å²) in [5.74, 6) is 0.828. The van der Waals surface area contributed by atoms with Gasteiger partial charge in [0.15, 0.2) is 11.6 Å². The highest BCUT2D eigenvalue weighted by atomic mass is 32.1. The average Bonchev–Trinajstić information content (AvgIpc) is 2.87. The first-order valence-electron chi connectivity index (χ1n) is 5.10.